The van der Waals surface area contributed by atoms with Crippen molar-refractivity contribution in [3.8, 4) is 0 Å². The molecule has 11 nitrogen and oxygen atoms in total. The molecule has 160 valence electrons. The molecule has 1 fully saturated rings. The van der Waals surface area contributed by atoms with E-state index < -0.39 is 23.5 Å². The summed E-state index contributed by atoms with van der Waals surface area (Å²) >= 11 is 1.24. The Labute approximate surface area is 176 Å². The molecule has 0 saturated carbocycles. The van der Waals surface area contributed by atoms with Gasteiger partial charge in [0.25, 0.3) is 0 Å². The number of fused-ring (bicyclic) bond motifs is 1. The summed E-state index contributed by atoms with van der Waals surface area (Å²) in [5.74, 6) is -0.959. The SMILES string of the molecule is C=CCOC(=O)NCc1cn(C2=C(OC(=O)OCC=C)N3C(=O)[C@H](CO)[C@H]3S2)cn1. The molecule has 0 aromatic carbocycles. The monoisotopic (exact) mass is 436 g/mol. The third-order valence-electron chi connectivity index (χ3n) is 4.10. The van der Waals surface area contributed by atoms with Crippen molar-refractivity contribution >= 4 is 34.9 Å². The minimum absolute atomic E-state index is 0.00364. The number of ether oxygens (including phenoxy) is 3. The maximum absolute atomic E-state index is 12.3. The third-order valence-corrected chi connectivity index (χ3v) is 5.49. The Kier molecular flexibility index (Phi) is 6.79. The van der Waals surface area contributed by atoms with Crippen LogP contribution in [-0.4, -0.2) is 62.9 Å². The largest absolute Gasteiger partial charge is 0.515 e. The van der Waals surface area contributed by atoms with Gasteiger partial charge in [0.1, 0.15) is 29.9 Å². The summed E-state index contributed by atoms with van der Waals surface area (Å²) in [5.41, 5.74) is 0.506. The molecule has 1 aromatic rings. The molecule has 2 atom stereocenters. The van der Waals surface area contributed by atoms with E-state index in [0.717, 1.165) is 0 Å². The second-order valence-corrected chi connectivity index (χ2v) is 7.19. The first kappa shape index (κ1) is 21.5. The second-order valence-electron chi connectivity index (χ2n) is 6.08. The number of hydrogen-bond donors (Lipinski definition) is 2. The number of β-lactam (4-membered cyclic amide) rings is 1. The summed E-state index contributed by atoms with van der Waals surface area (Å²) in [6.07, 6.45) is 4.29. The van der Waals surface area contributed by atoms with Crippen LogP contribution >= 0.6 is 11.8 Å². The number of imidazole rings is 1. The van der Waals surface area contributed by atoms with E-state index >= 15 is 0 Å². The lowest BCUT2D eigenvalue weighted by Gasteiger charge is -2.40. The van der Waals surface area contributed by atoms with Crippen LogP contribution in [0.3, 0.4) is 0 Å². The number of hydrogen-bond acceptors (Lipinski definition) is 9. The number of carbonyl (C=O) groups is 3. The van der Waals surface area contributed by atoms with E-state index in [1.165, 1.54) is 35.1 Å². The van der Waals surface area contributed by atoms with Gasteiger partial charge in [0.15, 0.2) is 0 Å². The van der Waals surface area contributed by atoms with Crippen LogP contribution in [0.1, 0.15) is 5.69 Å². The fourth-order valence-electron chi connectivity index (χ4n) is 2.72. The highest BCUT2D eigenvalue weighted by Gasteiger charge is 2.56. The van der Waals surface area contributed by atoms with E-state index in [0.29, 0.717) is 10.7 Å². The van der Waals surface area contributed by atoms with Gasteiger partial charge in [-0.1, -0.05) is 37.1 Å². The normalized spacial score (nSPS) is 19.6. The van der Waals surface area contributed by atoms with Crippen LogP contribution in [-0.2, 0) is 25.5 Å². The molecular weight excluding hydrogens is 416 g/mol. The predicted octanol–water partition coefficient (Wildman–Crippen LogP) is 1.24. The summed E-state index contributed by atoms with van der Waals surface area (Å²) in [7, 11) is 0. The van der Waals surface area contributed by atoms with Crippen LogP contribution in [0.5, 0.6) is 0 Å². The van der Waals surface area contributed by atoms with Gasteiger partial charge in [0.2, 0.25) is 11.8 Å². The first-order valence-corrected chi connectivity index (χ1v) is 9.73. The number of thioether (sulfide) groups is 1. The molecule has 30 heavy (non-hydrogen) atoms. The van der Waals surface area contributed by atoms with Crippen molar-refractivity contribution in [3.63, 3.8) is 0 Å². The Morgan fingerprint density at radius 2 is 2.03 bits per heavy atom. The average Bonchev–Trinajstić information content (AvgIpc) is 3.32. The summed E-state index contributed by atoms with van der Waals surface area (Å²) in [6.45, 7) is 6.73. The number of alkyl carbamates (subject to hydrolysis) is 1. The van der Waals surface area contributed by atoms with E-state index in [1.54, 1.807) is 10.8 Å². The van der Waals surface area contributed by atoms with Gasteiger partial charge in [0.05, 0.1) is 24.8 Å². The van der Waals surface area contributed by atoms with Gasteiger partial charge in [0, 0.05) is 6.20 Å². The van der Waals surface area contributed by atoms with Crippen LogP contribution in [0.25, 0.3) is 5.03 Å². The van der Waals surface area contributed by atoms with Crippen molar-refractivity contribution in [2.24, 2.45) is 5.92 Å². The highest BCUT2D eigenvalue weighted by atomic mass is 32.2. The minimum Gasteiger partial charge on any atom is -0.445 e. The molecule has 0 aliphatic carbocycles. The zero-order valence-electron chi connectivity index (χ0n) is 15.9. The lowest BCUT2D eigenvalue weighted by Crippen LogP contribution is -2.58. The molecule has 0 spiro atoms. The average molecular weight is 436 g/mol. The van der Waals surface area contributed by atoms with Gasteiger partial charge in [-0.05, 0) is 0 Å². The molecule has 2 aliphatic heterocycles. The van der Waals surface area contributed by atoms with E-state index in [1.807, 2.05) is 0 Å². The molecule has 0 bridgehead atoms. The summed E-state index contributed by atoms with van der Waals surface area (Å²) < 4.78 is 16.5. The number of amides is 2. The first-order chi connectivity index (χ1) is 14.5. The Bertz CT molecular complexity index is 897. The minimum atomic E-state index is -0.990. The molecule has 2 aliphatic rings. The lowest BCUT2D eigenvalue weighted by atomic mass is 10.00. The molecule has 0 radical (unpaired) electrons. The highest BCUT2D eigenvalue weighted by molar-refractivity contribution is 8.08. The molecule has 0 unspecified atom stereocenters. The van der Waals surface area contributed by atoms with Gasteiger partial charge in [-0.15, -0.1) is 0 Å². The van der Waals surface area contributed by atoms with Crippen molar-refractivity contribution in [2.75, 3.05) is 19.8 Å². The predicted molar refractivity (Wildman–Crippen MR) is 105 cm³/mol. The maximum Gasteiger partial charge on any atom is 0.515 e. The standard InChI is InChI=1S/C18H20N4O7S/c1-3-5-27-17(25)19-7-11-8-21(10-20-11)16-14(29-18(26)28-6-4-2)22-13(24)12(9-23)15(22)30-16/h3-4,8,10,12,15,23H,1-2,5-7,9H2,(H,19,25)/t12-,15+/m0/s1. The van der Waals surface area contributed by atoms with E-state index in [4.69, 9.17) is 14.2 Å². The van der Waals surface area contributed by atoms with Crippen molar-refractivity contribution in [3.05, 3.63) is 49.4 Å². The molecule has 2 N–H and O–H groups in total. The van der Waals surface area contributed by atoms with Crippen LogP contribution in [0.15, 0.2) is 43.7 Å². The Morgan fingerprint density at radius 1 is 1.30 bits per heavy atom. The number of nitrogens with one attached hydrogen (secondary N) is 1. The van der Waals surface area contributed by atoms with Gasteiger partial charge in [-0.3, -0.25) is 14.3 Å². The van der Waals surface area contributed by atoms with Crippen LogP contribution < -0.4 is 5.32 Å². The van der Waals surface area contributed by atoms with Crippen molar-refractivity contribution in [2.45, 2.75) is 11.9 Å². The lowest BCUT2D eigenvalue weighted by molar-refractivity contribution is -0.151. The zero-order valence-corrected chi connectivity index (χ0v) is 16.7. The molecular formula is C18H20N4O7S. The van der Waals surface area contributed by atoms with E-state index in [-0.39, 0.29) is 38.2 Å². The van der Waals surface area contributed by atoms with Gasteiger partial charge in [-0.2, -0.15) is 0 Å². The third kappa shape index (κ3) is 4.33. The summed E-state index contributed by atoms with van der Waals surface area (Å²) in [6, 6.07) is 0. The Balaban J connectivity index is 1.76. The summed E-state index contributed by atoms with van der Waals surface area (Å²) in [4.78, 5) is 41.2. The highest BCUT2D eigenvalue weighted by Crippen LogP contribution is 2.51. The second kappa shape index (κ2) is 9.50. The van der Waals surface area contributed by atoms with Crippen molar-refractivity contribution in [1.82, 2.24) is 19.8 Å². The number of rotatable bonds is 9. The quantitative estimate of drug-likeness (QED) is 0.333. The molecule has 3 heterocycles. The molecule has 1 saturated heterocycles. The fourth-order valence-corrected chi connectivity index (χ4v) is 4.09. The Morgan fingerprint density at radius 3 is 2.73 bits per heavy atom. The van der Waals surface area contributed by atoms with Crippen molar-refractivity contribution in [1.29, 1.82) is 0 Å². The van der Waals surface area contributed by atoms with Gasteiger partial charge >= 0.3 is 12.2 Å². The van der Waals surface area contributed by atoms with Gasteiger partial charge in [-0.25, -0.2) is 14.6 Å². The maximum atomic E-state index is 12.3. The van der Waals surface area contributed by atoms with Crippen LogP contribution in [0.4, 0.5) is 9.59 Å². The Hall–Kier alpha value is -3.25. The van der Waals surface area contributed by atoms with Crippen LogP contribution in [0, 0.1) is 5.92 Å². The van der Waals surface area contributed by atoms with E-state index in [9.17, 15) is 19.5 Å². The van der Waals surface area contributed by atoms with Crippen molar-refractivity contribution < 1.29 is 33.7 Å². The van der Waals surface area contributed by atoms with E-state index in [2.05, 4.69) is 23.5 Å². The number of aromatic nitrogens is 2. The fraction of sp³-hybridized carbons (Fsp3) is 0.333. The number of aliphatic hydroxyl groups excluding tert-OH is 1. The first-order valence-electron chi connectivity index (χ1n) is 8.85. The number of nitrogens with zero attached hydrogens (tertiary/aromatic N) is 3. The number of carbonyl (C=O) groups excluding carboxylic acids is 3. The topological polar surface area (TPSA) is 132 Å². The van der Waals surface area contributed by atoms with Gasteiger partial charge < -0.3 is 24.6 Å². The summed E-state index contributed by atoms with van der Waals surface area (Å²) in [5, 5.41) is 12.0. The number of aliphatic hydroxyl groups is 1. The molecule has 3 rings (SSSR count). The molecule has 1 aromatic heterocycles. The zero-order chi connectivity index (χ0) is 21.7. The van der Waals surface area contributed by atoms with Crippen LogP contribution in [0.2, 0.25) is 0 Å². The smallest absolute Gasteiger partial charge is 0.445 e. The molecule has 12 heteroatoms. The molecule has 2 amide bonds.